The number of esters is 1. The molecule has 0 aliphatic heterocycles. The van der Waals surface area contributed by atoms with Gasteiger partial charge in [-0.3, -0.25) is 14.2 Å². The topological polar surface area (TPSA) is 88.5 Å². The SMILES string of the molecule is COC(=O)CCCN(C)C(=O)c1c(C)oc(-n2cccc2)c1C#N. The van der Waals surface area contributed by atoms with Crippen molar-refractivity contribution in [3.05, 3.63) is 41.4 Å². The molecule has 0 radical (unpaired) electrons. The molecule has 1 amide bonds. The molecule has 2 rings (SSSR count). The van der Waals surface area contributed by atoms with E-state index in [1.807, 2.05) is 0 Å². The number of hydrogen-bond acceptors (Lipinski definition) is 5. The second-order valence-electron chi connectivity index (χ2n) is 5.32. The number of furan rings is 1. The van der Waals surface area contributed by atoms with Crippen LogP contribution in [0.15, 0.2) is 28.9 Å². The van der Waals surface area contributed by atoms with Crippen LogP contribution in [0.3, 0.4) is 0 Å². The minimum absolute atomic E-state index is 0.202. The van der Waals surface area contributed by atoms with Crippen molar-refractivity contribution in [2.24, 2.45) is 0 Å². The maximum Gasteiger partial charge on any atom is 0.305 e. The van der Waals surface area contributed by atoms with Crippen LogP contribution in [-0.2, 0) is 9.53 Å². The van der Waals surface area contributed by atoms with Crippen LogP contribution in [-0.4, -0.2) is 42.0 Å². The molecule has 0 saturated heterocycles. The van der Waals surface area contributed by atoms with Crippen molar-refractivity contribution in [3.8, 4) is 12.0 Å². The Morgan fingerprint density at radius 2 is 2.04 bits per heavy atom. The molecule has 0 spiro atoms. The highest BCUT2D eigenvalue weighted by Crippen LogP contribution is 2.26. The summed E-state index contributed by atoms with van der Waals surface area (Å²) >= 11 is 0. The van der Waals surface area contributed by atoms with Crippen molar-refractivity contribution >= 4 is 11.9 Å². The van der Waals surface area contributed by atoms with Crippen LogP contribution >= 0.6 is 0 Å². The Bertz CT molecular complexity index is 769. The molecule has 0 saturated carbocycles. The first kappa shape index (κ1) is 17.3. The molecular formula is C17H19N3O4. The van der Waals surface area contributed by atoms with Crippen LogP contribution < -0.4 is 0 Å². The Kier molecular flexibility index (Phi) is 5.42. The Hall–Kier alpha value is -3.01. The molecule has 126 valence electrons. The number of aryl methyl sites for hydroxylation is 1. The summed E-state index contributed by atoms with van der Waals surface area (Å²) in [5, 5.41) is 9.47. The van der Waals surface area contributed by atoms with E-state index in [0.717, 1.165) is 0 Å². The van der Waals surface area contributed by atoms with Gasteiger partial charge in [0.25, 0.3) is 5.91 Å². The van der Waals surface area contributed by atoms with Crippen molar-refractivity contribution in [2.45, 2.75) is 19.8 Å². The third-order valence-corrected chi connectivity index (χ3v) is 3.68. The van der Waals surface area contributed by atoms with Gasteiger partial charge in [0.15, 0.2) is 0 Å². The number of amides is 1. The summed E-state index contributed by atoms with van der Waals surface area (Å²) in [7, 11) is 2.95. The summed E-state index contributed by atoms with van der Waals surface area (Å²) in [5.74, 6) is 0.0883. The van der Waals surface area contributed by atoms with Crippen molar-refractivity contribution in [1.29, 1.82) is 5.26 Å². The number of carbonyl (C=O) groups is 2. The van der Waals surface area contributed by atoms with Gasteiger partial charge in [-0.2, -0.15) is 5.26 Å². The fourth-order valence-electron chi connectivity index (χ4n) is 2.40. The standard InChI is InChI=1S/C17H19N3O4/c1-12-15(16(22)19(2)8-6-7-14(21)23-3)13(11-18)17(24-12)20-9-4-5-10-20/h4-5,9-10H,6-8H2,1-3H3. The fraction of sp³-hybridized carbons (Fsp3) is 0.353. The third kappa shape index (κ3) is 3.49. The highest BCUT2D eigenvalue weighted by molar-refractivity contribution is 5.98. The fourth-order valence-corrected chi connectivity index (χ4v) is 2.40. The number of hydrogen-bond donors (Lipinski definition) is 0. The Morgan fingerprint density at radius 1 is 1.38 bits per heavy atom. The van der Waals surface area contributed by atoms with Gasteiger partial charge in [0.05, 0.1) is 7.11 Å². The molecule has 2 aromatic heterocycles. The Morgan fingerprint density at radius 3 is 2.62 bits per heavy atom. The van der Waals surface area contributed by atoms with Gasteiger partial charge < -0.3 is 14.1 Å². The summed E-state index contributed by atoms with van der Waals surface area (Å²) < 4.78 is 11.9. The third-order valence-electron chi connectivity index (χ3n) is 3.68. The van der Waals surface area contributed by atoms with E-state index in [2.05, 4.69) is 10.8 Å². The lowest BCUT2D eigenvalue weighted by Gasteiger charge is -2.16. The van der Waals surface area contributed by atoms with E-state index in [0.29, 0.717) is 24.6 Å². The van der Waals surface area contributed by atoms with E-state index in [1.54, 1.807) is 43.1 Å². The second-order valence-corrected chi connectivity index (χ2v) is 5.32. The summed E-state index contributed by atoms with van der Waals surface area (Å²) in [4.78, 5) is 25.3. The van der Waals surface area contributed by atoms with Gasteiger partial charge in [-0.1, -0.05) is 0 Å². The Labute approximate surface area is 140 Å². The van der Waals surface area contributed by atoms with Crippen LogP contribution in [0.4, 0.5) is 0 Å². The van der Waals surface area contributed by atoms with Crippen molar-refractivity contribution in [2.75, 3.05) is 20.7 Å². The van der Waals surface area contributed by atoms with Crippen LogP contribution in [0.1, 0.15) is 34.5 Å². The molecule has 2 heterocycles. The van der Waals surface area contributed by atoms with Gasteiger partial charge in [0, 0.05) is 32.4 Å². The molecule has 24 heavy (non-hydrogen) atoms. The predicted molar refractivity (Wildman–Crippen MR) is 85.7 cm³/mol. The summed E-state index contributed by atoms with van der Waals surface area (Å²) in [6.45, 7) is 2.03. The second kappa shape index (κ2) is 7.51. The maximum absolute atomic E-state index is 12.7. The summed E-state index contributed by atoms with van der Waals surface area (Å²) in [5.41, 5.74) is 0.454. The molecule has 7 heteroatoms. The van der Waals surface area contributed by atoms with E-state index >= 15 is 0 Å². The van der Waals surface area contributed by atoms with Gasteiger partial charge in [0.1, 0.15) is 23.0 Å². The molecule has 0 atom stereocenters. The average Bonchev–Trinajstić information content (AvgIpc) is 3.20. The average molecular weight is 329 g/mol. The van der Waals surface area contributed by atoms with E-state index in [4.69, 9.17) is 4.42 Å². The highest BCUT2D eigenvalue weighted by atomic mass is 16.5. The molecule has 0 N–H and O–H groups in total. The van der Waals surface area contributed by atoms with Crippen LogP contribution in [0, 0.1) is 18.3 Å². The van der Waals surface area contributed by atoms with Gasteiger partial charge in [-0.05, 0) is 25.5 Å². The molecule has 0 unspecified atom stereocenters. The zero-order chi connectivity index (χ0) is 17.7. The lowest BCUT2D eigenvalue weighted by Crippen LogP contribution is -2.29. The van der Waals surface area contributed by atoms with Gasteiger partial charge >= 0.3 is 5.97 Å². The highest BCUT2D eigenvalue weighted by Gasteiger charge is 2.26. The van der Waals surface area contributed by atoms with E-state index in [9.17, 15) is 14.9 Å². The molecule has 0 fully saturated rings. The summed E-state index contributed by atoms with van der Waals surface area (Å²) in [6.07, 6.45) is 4.21. The van der Waals surface area contributed by atoms with Crippen LogP contribution in [0.2, 0.25) is 0 Å². The lowest BCUT2D eigenvalue weighted by atomic mass is 10.1. The maximum atomic E-state index is 12.7. The minimum Gasteiger partial charge on any atom is -0.469 e. The quantitative estimate of drug-likeness (QED) is 0.759. The Balaban J connectivity index is 2.20. The first-order chi connectivity index (χ1) is 11.5. The first-order valence-electron chi connectivity index (χ1n) is 7.48. The van der Waals surface area contributed by atoms with Crippen molar-refractivity contribution in [1.82, 2.24) is 9.47 Å². The van der Waals surface area contributed by atoms with Crippen LogP contribution in [0.25, 0.3) is 5.88 Å². The lowest BCUT2D eigenvalue weighted by molar-refractivity contribution is -0.140. The number of nitrogens with zero attached hydrogens (tertiary/aromatic N) is 3. The molecule has 7 nitrogen and oxygen atoms in total. The smallest absolute Gasteiger partial charge is 0.305 e. The largest absolute Gasteiger partial charge is 0.469 e. The number of carbonyl (C=O) groups excluding carboxylic acids is 2. The molecule has 0 aromatic carbocycles. The molecule has 0 aliphatic carbocycles. The normalized spacial score (nSPS) is 10.2. The molecule has 2 aromatic rings. The number of ether oxygens (including phenoxy) is 1. The molecule has 0 aliphatic rings. The van der Waals surface area contributed by atoms with E-state index in [-0.39, 0.29) is 29.4 Å². The minimum atomic E-state index is -0.317. The molecule has 0 bridgehead atoms. The molecular weight excluding hydrogens is 310 g/mol. The zero-order valence-corrected chi connectivity index (χ0v) is 13.9. The van der Waals surface area contributed by atoms with Crippen LogP contribution in [0.5, 0.6) is 0 Å². The van der Waals surface area contributed by atoms with Crippen molar-refractivity contribution < 1.29 is 18.7 Å². The van der Waals surface area contributed by atoms with Gasteiger partial charge in [0.2, 0.25) is 5.88 Å². The predicted octanol–water partition coefficient (Wildman–Crippen LogP) is 2.28. The monoisotopic (exact) mass is 329 g/mol. The van der Waals surface area contributed by atoms with Crippen molar-refractivity contribution in [3.63, 3.8) is 0 Å². The van der Waals surface area contributed by atoms with Gasteiger partial charge in [-0.25, -0.2) is 0 Å². The van der Waals surface area contributed by atoms with Gasteiger partial charge in [-0.15, -0.1) is 0 Å². The van der Waals surface area contributed by atoms with E-state index < -0.39 is 0 Å². The first-order valence-corrected chi connectivity index (χ1v) is 7.48. The van der Waals surface area contributed by atoms with E-state index in [1.165, 1.54) is 12.0 Å². The summed E-state index contributed by atoms with van der Waals surface area (Å²) in [6, 6.07) is 5.67. The number of nitriles is 1. The number of rotatable bonds is 6. The number of methoxy groups -OCH3 is 1. The zero-order valence-electron chi connectivity index (χ0n) is 13.9. The number of aromatic nitrogens is 1.